The molecule has 3 amide bonds. The zero-order chi connectivity index (χ0) is 53.0. The Morgan fingerprint density at radius 1 is 0.882 bits per heavy atom. The number of aromatic carboxylic acids is 1. The highest BCUT2D eigenvalue weighted by atomic mass is 32.1. The summed E-state index contributed by atoms with van der Waals surface area (Å²) < 4.78 is 2.91. The monoisotopic (exact) mass is 1040 g/mol. The quantitative estimate of drug-likeness (QED) is 0.0997. The van der Waals surface area contributed by atoms with Gasteiger partial charge >= 0.3 is 5.97 Å². The molecular weight excluding hydrogens is 971 g/mol. The molecule has 1 saturated carbocycles. The predicted molar refractivity (Wildman–Crippen MR) is 302 cm³/mol. The van der Waals surface area contributed by atoms with Crippen LogP contribution in [-0.2, 0) is 35.0 Å². The van der Waals surface area contributed by atoms with E-state index in [-0.39, 0.29) is 23.4 Å². The smallest absolute Gasteiger partial charge is 0.355 e. The lowest BCUT2D eigenvalue weighted by Gasteiger charge is -2.41. The number of imide groups is 1. The highest BCUT2D eigenvalue weighted by Crippen LogP contribution is 2.45. The number of benzene rings is 4. The fourth-order valence-electron chi connectivity index (χ4n) is 12.9. The average molecular weight is 1040 g/mol. The normalized spacial score (nSPS) is 20.5. The Hall–Kier alpha value is -6.97. The molecule has 1 unspecified atom stereocenters. The lowest BCUT2D eigenvalue weighted by Crippen LogP contribution is -2.52. The van der Waals surface area contributed by atoms with E-state index in [9.17, 15) is 24.3 Å². The molecule has 2 atom stereocenters. The van der Waals surface area contributed by atoms with Gasteiger partial charge in [0.2, 0.25) is 11.8 Å². The lowest BCUT2D eigenvalue weighted by atomic mass is 9.74. The molecular formula is C61H69N9O5S. The van der Waals surface area contributed by atoms with Crippen LogP contribution in [0.3, 0.4) is 0 Å². The van der Waals surface area contributed by atoms with Gasteiger partial charge in [-0.15, -0.1) is 0 Å². The third-order valence-corrected chi connectivity index (χ3v) is 17.9. The summed E-state index contributed by atoms with van der Waals surface area (Å²) in [5, 5.41) is 22.9. The lowest BCUT2D eigenvalue weighted by molar-refractivity contribution is -0.134. The first-order valence-electron chi connectivity index (χ1n) is 27.3. The van der Waals surface area contributed by atoms with Gasteiger partial charge in [-0.3, -0.25) is 34.6 Å². The number of nitrogens with one attached hydrogen (secondary N) is 2. The van der Waals surface area contributed by atoms with Crippen molar-refractivity contribution in [1.82, 2.24) is 30.0 Å². The van der Waals surface area contributed by atoms with Gasteiger partial charge in [0, 0.05) is 68.7 Å². The minimum Gasteiger partial charge on any atom is -0.476 e. The third-order valence-electron chi connectivity index (χ3n) is 16.9. The zero-order valence-corrected chi connectivity index (χ0v) is 45.4. The summed E-state index contributed by atoms with van der Waals surface area (Å²) in [4.78, 5) is 68.9. The molecule has 7 aromatic rings. The predicted octanol–water partition coefficient (Wildman–Crippen LogP) is 11.1. The topological polar surface area (TPSA) is 166 Å². The SMILES string of the molecule is Cc1c(-c2c(C(C)(C)C)cc(N3CCc4cccc(C(=O)Nc5nc6ccccc6s5)c4C3)nc2C(=O)O)cccc1C1CCC(CCCN2CCN(c3cccc4c(C5CCC(=O)NC5=O)nn(C)c34)C[C@H]2C)CC1. The van der Waals surface area contributed by atoms with E-state index in [1.165, 1.54) is 42.6 Å². The Bertz CT molecular complexity index is 3370. The minimum absolute atomic E-state index is 0.0566. The van der Waals surface area contributed by atoms with Crippen LogP contribution in [0.4, 0.5) is 16.6 Å². The average Bonchev–Trinajstić information content (AvgIpc) is 3.98. The first-order valence-corrected chi connectivity index (χ1v) is 28.1. The molecule has 1 aliphatic carbocycles. The Morgan fingerprint density at radius 3 is 2.43 bits per heavy atom. The molecule has 6 heterocycles. The van der Waals surface area contributed by atoms with Crippen LogP contribution < -0.4 is 20.4 Å². The molecule has 2 saturated heterocycles. The molecule has 3 aliphatic heterocycles. The largest absolute Gasteiger partial charge is 0.476 e. The number of carbonyl (C=O) groups is 4. The Morgan fingerprint density at radius 2 is 1.67 bits per heavy atom. The van der Waals surface area contributed by atoms with Crippen molar-refractivity contribution in [3.63, 3.8) is 0 Å². The van der Waals surface area contributed by atoms with E-state index in [4.69, 9.17) is 10.1 Å². The molecule has 0 bridgehead atoms. The summed E-state index contributed by atoms with van der Waals surface area (Å²) in [6, 6.07) is 28.9. The Balaban J connectivity index is 0.737. The third kappa shape index (κ3) is 9.99. The highest BCUT2D eigenvalue weighted by molar-refractivity contribution is 7.22. The van der Waals surface area contributed by atoms with E-state index in [0.29, 0.717) is 72.3 Å². The number of hydrogen-bond donors (Lipinski definition) is 3. The summed E-state index contributed by atoms with van der Waals surface area (Å²) in [5.74, 6) is -0.481. The molecule has 0 radical (unpaired) electrons. The van der Waals surface area contributed by atoms with Crippen LogP contribution in [0.25, 0.3) is 32.2 Å². The summed E-state index contributed by atoms with van der Waals surface area (Å²) in [7, 11) is 1.95. The van der Waals surface area contributed by atoms with E-state index in [0.717, 1.165) is 99.3 Å². The van der Waals surface area contributed by atoms with Crippen molar-refractivity contribution in [2.75, 3.05) is 47.8 Å². The molecule has 4 aliphatic rings. The molecule has 76 heavy (non-hydrogen) atoms. The number of carbonyl (C=O) groups excluding carboxylic acids is 3. The number of para-hydroxylation sites is 2. The van der Waals surface area contributed by atoms with Crippen LogP contribution in [0, 0.1) is 12.8 Å². The summed E-state index contributed by atoms with van der Waals surface area (Å²) in [6.07, 6.45) is 8.47. The molecule has 3 aromatic heterocycles. The molecule has 4 aromatic carbocycles. The maximum atomic E-state index is 13.9. The van der Waals surface area contributed by atoms with Gasteiger partial charge in [0.25, 0.3) is 5.91 Å². The van der Waals surface area contributed by atoms with Gasteiger partial charge in [0.05, 0.1) is 33.0 Å². The number of piperidine rings is 1. The van der Waals surface area contributed by atoms with Crippen LogP contribution in [0.5, 0.6) is 0 Å². The van der Waals surface area contributed by atoms with Crippen molar-refractivity contribution in [2.24, 2.45) is 13.0 Å². The number of hydrogen-bond acceptors (Lipinski definition) is 11. The van der Waals surface area contributed by atoms with Crippen molar-refractivity contribution in [1.29, 1.82) is 0 Å². The molecule has 11 rings (SSSR count). The fraction of sp³-hybridized carbons (Fsp3) is 0.426. The first kappa shape index (κ1) is 51.2. The standard InChI is InChI=1S/C61H69N9O5S/c1-36-34-69(49-20-11-18-44-54(66-67(6)56(44)49)45-26-27-52(71)64-58(45)73)32-31-68(36)29-12-13-38-22-24-40(25-23-38)41-15-10-16-42(37(41)2)53-47(61(3,4)5)33-51(63-55(53)59(74)75)70-30-28-39-14-9-17-43(46(39)35-70)57(72)65-60-62-48-19-7-8-21-50(48)76-60/h7-11,14-21,33,36,38,40,45H,12-13,22-32,34-35H2,1-6H3,(H,74,75)(H,62,65,72)(H,64,71,73)/t36-,38?,40?,45?/m1/s1. The summed E-state index contributed by atoms with van der Waals surface area (Å²) in [6.45, 7) is 15.9. The Kier molecular flexibility index (Phi) is 14.0. The van der Waals surface area contributed by atoms with E-state index >= 15 is 0 Å². The van der Waals surface area contributed by atoms with Gasteiger partial charge in [-0.1, -0.05) is 86.7 Å². The first-order chi connectivity index (χ1) is 36.6. The number of aryl methyl sites for hydroxylation is 1. The highest BCUT2D eigenvalue weighted by Gasteiger charge is 2.35. The van der Waals surface area contributed by atoms with Crippen molar-refractivity contribution in [3.05, 3.63) is 130 Å². The summed E-state index contributed by atoms with van der Waals surface area (Å²) >= 11 is 1.45. The van der Waals surface area contributed by atoms with Gasteiger partial charge in [0.15, 0.2) is 10.8 Å². The van der Waals surface area contributed by atoms with Gasteiger partial charge in [-0.25, -0.2) is 14.8 Å². The van der Waals surface area contributed by atoms with Crippen molar-refractivity contribution >= 4 is 72.8 Å². The summed E-state index contributed by atoms with van der Waals surface area (Å²) in [5.41, 5.74) is 11.0. The number of aromatic nitrogens is 4. The van der Waals surface area contributed by atoms with E-state index in [1.54, 1.807) is 0 Å². The van der Waals surface area contributed by atoms with Crippen LogP contribution >= 0.6 is 11.3 Å². The van der Waals surface area contributed by atoms with Crippen molar-refractivity contribution in [2.45, 2.75) is 122 Å². The maximum Gasteiger partial charge on any atom is 0.355 e. The number of thiazole rings is 1. The van der Waals surface area contributed by atoms with Crippen molar-refractivity contribution < 1.29 is 24.3 Å². The number of carboxylic acids is 1. The van der Waals surface area contributed by atoms with E-state index in [1.807, 2.05) is 48.1 Å². The Labute approximate surface area is 448 Å². The second-order valence-corrected chi connectivity index (χ2v) is 23.8. The second-order valence-electron chi connectivity index (χ2n) is 22.8. The van der Waals surface area contributed by atoms with Crippen LogP contribution in [-0.4, -0.2) is 92.2 Å². The maximum absolute atomic E-state index is 13.9. The minimum atomic E-state index is -1.05. The number of anilines is 3. The van der Waals surface area contributed by atoms with Crippen LogP contribution in [0.1, 0.15) is 145 Å². The number of fused-ring (bicyclic) bond motifs is 3. The van der Waals surface area contributed by atoms with Crippen LogP contribution in [0.2, 0.25) is 0 Å². The van der Waals surface area contributed by atoms with Gasteiger partial charge in [-0.05, 0) is 153 Å². The van der Waals surface area contributed by atoms with Crippen LogP contribution in [0.15, 0.2) is 84.9 Å². The molecule has 3 fully saturated rings. The van der Waals surface area contributed by atoms with E-state index < -0.39 is 17.3 Å². The van der Waals surface area contributed by atoms with Crippen molar-refractivity contribution in [3.8, 4) is 11.1 Å². The van der Waals surface area contributed by atoms with Gasteiger partial charge in [-0.2, -0.15) is 5.10 Å². The fourth-order valence-corrected chi connectivity index (χ4v) is 13.7. The number of nitrogens with zero attached hydrogens (tertiary/aromatic N) is 7. The molecule has 15 heteroatoms. The molecule has 0 spiro atoms. The zero-order valence-electron chi connectivity index (χ0n) is 44.6. The second kappa shape index (κ2) is 20.9. The van der Waals surface area contributed by atoms with E-state index in [2.05, 4.69) is 113 Å². The van der Waals surface area contributed by atoms with Gasteiger partial charge in [0.1, 0.15) is 5.82 Å². The number of pyridine rings is 1. The number of rotatable bonds is 12. The molecule has 14 nitrogen and oxygen atoms in total. The number of amides is 3. The molecule has 3 N–H and O–H groups in total. The number of piperazine rings is 1. The molecule has 394 valence electrons. The number of carboxylic acid groups (broad SMARTS) is 1. The van der Waals surface area contributed by atoms with Gasteiger partial charge < -0.3 is 14.9 Å².